The van der Waals surface area contributed by atoms with Gasteiger partial charge in [0, 0.05) is 25.8 Å². The summed E-state index contributed by atoms with van der Waals surface area (Å²) in [6.45, 7) is 4.68. The van der Waals surface area contributed by atoms with Crippen LogP contribution in [0.3, 0.4) is 0 Å². The lowest BCUT2D eigenvalue weighted by Crippen LogP contribution is -2.36. The van der Waals surface area contributed by atoms with Crippen LogP contribution in [0.2, 0.25) is 0 Å². The molecule has 0 aliphatic heterocycles. The molecule has 0 bridgehead atoms. The number of halogens is 1. The fraction of sp³-hybridized carbons (Fsp3) is 0.462. The normalized spacial score (nSPS) is 11.1. The van der Waals surface area contributed by atoms with E-state index in [2.05, 4.69) is 33.4 Å². The molecule has 0 unspecified atom stereocenters. The number of hydrogen-bond donors (Lipinski definition) is 2. The maximum Gasteiger partial charge on any atom is 0.189 e. The van der Waals surface area contributed by atoms with Gasteiger partial charge in [-0.15, -0.1) is 24.0 Å². The molecular formula is C13H23IN4. The Balaban J connectivity index is 0.00000289. The summed E-state index contributed by atoms with van der Waals surface area (Å²) in [5.74, 6) is 0.496. The van der Waals surface area contributed by atoms with E-state index in [4.69, 9.17) is 5.73 Å². The third-order valence-corrected chi connectivity index (χ3v) is 2.30. The smallest absolute Gasteiger partial charge is 0.189 e. The molecule has 0 aromatic heterocycles. The van der Waals surface area contributed by atoms with E-state index in [9.17, 15) is 0 Å². The number of guanidine groups is 1. The van der Waals surface area contributed by atoms with Crippen LogP contribution in [-0.2, 0) is 6.54 Å². The molecule has 1 aromatic carbocycles. The summed E-state index contributed by atoms with van der Waals surface area (Å²) in [6.07, 6.45) is 0. The van der Waals surface area contributed by atoms with E-state index >= 15 is 0 Å². The summed E-state index contributed by atoms with van der Waals surface area (Å²) < 4.78 is 0. The zero-order chi connectivity index (χ0) is 12.8. The van der Waals surface area contributed by atoms with Gasteiger partial charge in [-0.2, -0.15) is 0 Å². The van der Waals surface area contributed by atoms with Crippen LogP contribution in [0, 0.1) is 0 Å². The lowest BCUT2D eigenvalue weighted by molar-refractivity contribution is 0.723. The molecule has 0 radical (unpaired) electrons. The molecule has 0 spiro atoms. The first-order valence-electron chi connectivity index (χ1n) is 5.81. The van der Waals surface area contributed by atoms with Crippen molar-refractivity contribution in [1.82, 2.24) is 5.32 Å². The second-order valence-corrected chi connectivity index (χ2v) is 4.56. The molecule has 0 atom stereocenters. The standard InChI is InChI=1S/C13H22N4.HI/c1-10(2)16-13(14)15-9-11-6-5-7-12(8-11)17(3)4;/h5-8,10H,9H2,1-4H3,(H3,14,15,16);1H. The quantitative estimate of drug-likeness (QED) is 0.491. The third kappa shape index (κ3) is 6.09. The summed E-state index contributed by atoms with van der Waals surface area (Å²) in [6, 6.07) is 8.59. The molecule has 5 heteroatoms. The molecule has 0 fully saturated rings. The van der Waals surface area contributed by atoms with E-state index in [-0.39, 0.29) is 24.0 Å². The van der Waals surface area contributed by atoms with Gasteiger partial charge in [-0.3, -0.25) is 0 Å². The van der Waals surface area contributed by atoms with Crippen molar-refractivity contribution in [2.24, 2.45) is 10.7 Å². The SMILES string of the molecule is CC(C)NC(N)=NCc1cccc(N(C)C)c1.I. The van der Waals surface area contributed by atoms with Gasteiger partial charge in [0.15, 0.2) is 5.96 Å². The summed E-state index contributed by atoms with van der Waals surface area (Å²) in [5, 5.41) is 3.07. The number of aliphatic imine (C=N–C) groups is 1. The minimum absolute atomic E-state index is 0. The van der Waals surface area contributed by atoms with E-state index in [0.29, 0.717) is 18.5 Å². The predicted octanol–water partition coefficient (Wildman–Crippen LogP) is 2.18. The molecule has 4 nitrogen and oxygen atoms in total. The van der Waals surface area contributed by atoms with Crippen LogP contribution in [0.5, 0.6) is 0 Å². The number of hydrogen-bond acceptors (Lipinski definition) is 2. The molecule has 0 saturated carbocycles. The second kappa shape index (κ2) is 8.18. The third-order valence-electron chi connectivity index (χ3n) is 2.30. The maximum absolute atomic E-state index is 5.75. The maximum atomic E-state index is 5.75. The minimum Gasteiger partial charge on any atom is -0.378 e. The highest BCUT2D eigenvalue weighted by molar-refractivity contribution is 14.0. The molecule has 0 saturated heterocycles. The van der Waals surface area contributed by atoms with E-state index < -0.39 is 0 Å². The molecule has 102 valence electrons. The summed E-state index contributed by atoms with van der Waals surface area (Å²) >= 11 is 0. The topological polar surface area (TPSA) is 53.6 Å². The van der Waals surface area contributed by atoms with Gasteiger partial charge in [-0.05, 0) is 31.5 Å². The minimum atomic E-state index is 0. The highest BCUT2D eigenvalue weighted by Crippen LogP contribution is 2.13. The van der Waals surface area contributed by atoms with Gasteiger partial charge in [0.25, 0.3) is 0 Å². The molecule has 0 aliphatic rings. The Morgan fingerprint density at radius 2 is 2.06 bits per heavy atom. The Morgan fingerprint density at radius 3 is 2.61 bits per heavy atom. The van der Waals surface area contributed by atoms with E-state index in [1.54, 1.807) is 0 Å². The van der Waals surface area contributed by atoms with Crippen LogP contribution in [0.15, 0.2) is 29.3 Å². The number of nitrogens with zero attached hydrogens (tertiary/aromatic N) is 2. The summed E-state index contributed by atoms with van der Waals surface area (Å²) in [7, 11) is 4.05. The van der Waals surface area contributed by atoms with Crippen LogP contribution >= 0.6 is 24.0 Å². The predicted molar refractivity (Wildman–Crippen MR) is 89.8 cm³/mol. The average Bonchev–Trinajstić information content (AvgIpc) is 2.26. The fourth-order valence-electron chi connectivity index (χ4n) is 1.45. The lowest BCUT2D eigenvalue weighted by atomic mass is 10.2. The van der Waals surface area contributed by atoms with Crippen LogP contribution in [0.4, 0.5) is 5.69 Å². The Labute approximate surface area is 127 Å². The van der Waals surface area contributed by atoms with Crippen LogP contribution in [0.25, 0.3) is 0 Å². The molecule has 1 rings (SSSR count). The van der Waals surface area contributed by atoms with Gasteiger partial charge in [0.1, 0.15) is 0 Å². The Bertz CT molecular complexity index is 388. The number of nitrogens with one attached hydrogen (secondary N) is 1. The zero-order valence-corrected chi connectivity index (χ0v) is 13.8. The van der Waals surface area contributed by atoms with Crippen molar-refractivity contribution in [2.45, 2.75) is 26.4 Å². The van der Waals surface area contributed by atoms with E-state index in [1.807, 2.05) is 34.0 Å². The fourth-order valence-corrected chi connectivity index (χ4v) is 1.45. The first-order valence-corrected chi connectivity index (χ1v) is 5.81. The highest BCUT2D eigenvalue weighted by Gasteiger charge is 1.98. The molecule has 3 N–H and O–H groups in total. The largest absolute Gasteiger partial charge is 0.378 e. The van der Waals surface area contributed by atoms with Crippen molar-refractivity contribution in [1.29, 1.82) is 0 Å². The summed E-state index contributed by atoms with van der Waals surface area (Å²) in [4.78, 5) is 6.37. The highest BCUT2D eigenvalue weighted by atomic mass is 127. The van der Waals surface area contributed by atoms with Crippen LogP contribution in [0.1, 0.15) is 19.4 Å². The van der Waals surface area contributed by atoms with Gasteiger partial charge in [0.2, 0.25) is 0 Å². The molecule has 18 heavy (non-hydrogen) atoms. The van der Waals surface area contributed by atoms with Gasteiger partial charge in [-0.1, -0.05) is 12.1 Å². The second-order valence-electron chi connectivity index (χ2n) is 4.56. The van der Waals surface area contributed by atoms with E-state index in [1.165, 1.54) is 5.69 Å². The van der Waals surface area contributed by atoms with Gasteiger partial charge >= 0.3 is 0 Å². The lowest BCUT2D eigenvalue weighted by Gasteiger charge is -2.13. The van der Waals surface area contributed by atoms with Crippen molar-refractivity contribution < 1.29 is 0 Å². The molecule has 0 heterocycles. The Kier molecular flexibility index (Phi) is 7.73. The number of rotatable bonds is 4. The first kappa shape index (κ1) is 17.0. The molecular weight excluding hydrogens is 339 g/mol. The van der Waals surface area contributed by atoms with Crippen molar-refractivity contribution >= 4 is 35.6 Å². The summed E-state index contributed by atoms with van der Waals surface area (Å²) in [5.41, 5.74) is 8.08. The number of anilines is 1. The first-order chi connectivity index (χ1) is 7.99. The van der Waals surface area contributed by atoms with Crippen molar-refractivity contribution in [2.75, 3.05) is 19.0 Å². The van der Waals surface area contributed by atoms with Crippen LogP contribution < -0.4 is 16.0 Å². The zero-order valence-electron chi connectivity index (χ0n) is 11.5. The van der Waals surface area contributed by atoms with Crippen molar-refractivity contribution in [3.8, 4) is 0 Å². The Hall–Kier alpha value is -0.980. The number of benzene rings is 1. The van der Waals surface area contributed by atoms with Crippen molar-refractivity contribution in [3.63, 3.8) is 0 Å². The molecule has 0 aliphatic carbocycles. The van der Waals surface area contributed by atoms with Gasteiger partial charge in [-0.25, -0.2) is 4.99 Å². The Morgan fingerprint density at radius 1 is 1.39 bits per heavy atom. The number of nitrogens with two attached hydrogens (primary N) is 1. The van der Waals surface area contributed by atoms with Crippen molar-refractivity contribution in [3.05, 3.63) is 29.8 Å². The monoisotopic (exact) mass is 362 g/mol. The van der Waals surface area contributed by atoms with Gasteiger partial charge in [0.05, 0.1) is 6.54 Å². The van der Waals surface area contributed by atoms with E-state index in [0.717, 1.165) is 5.56 Å². The molecule has 1 aromatic rings. The molecule has 0 amide bonds. The van der Waals surface area contributed by atoms with Gasteiger partial charge < -0.3 is 16.0 Å². The average molecular weight is 362 g/mol. The van der Waals surface area contributed by atoms with Crippen LogP contribution in [-0.4, -0.2) is 26.1 Å².